The van der Waals surface area contributed by atoms with Gasteiger partial charge < -0.3 is 9.47 Å². The van der Waals surface area contributed by atoms with Gasteiger partial charge in [-0.15, -0.1) is 0 Å². The van der Waals surface area contributed by atoms with Crippen LogP contribution in [0.15, 0.2) is 120 Å². The standard InChI is InChI=1S/C60H50O4/c1-56(24-10-16-41(61)63-2,39-12-6-4-7-13-39)32-57-26-22-33-18-20-35-28-36-21-19-34-23-27-58-31-38-29-37(30-57)45-47(38)55-52-49-48(46(33)54(57)50(45)49)43(35)44(36)51(52)53(34)60(55,58)59(58,25-11-17-42(62)64-3)40-14-8-5-9-15-40/h4-9,12-15,20-23,26-27,30-31,54H,10-11,16-19,24-25,28-29,32H2,1-3H3. The van der Waals surface area contributed by atoms with E-state index >= 15 is 0 Å². The van der Waals surface area contributed by atoms with Crippen molar-refractivity contribution in [2.24, 2.45) is 10.8 Å². The highest BCUT2D eigenvalue weighted by Crippen LogP contribution is 2.93. The molecule has 4 nitrogen and oxygen atoms in total. The molecule has 64 heavy (non-hydrogen) atoms. The quantitative estimate of drug-likeness (QED) is 0.133. The molecule has 1 fully saturated rings. The Balaban J connectivity index is 1.04. The number of allylic oxidation sites excluding steroid dienone is 16. The van der Waals surface area contributed by atoms with Crippen LogP contribution in [0, 0.1) is 10.8 Å². The maximum atomic E-state index is 12.9. The van der Waals surface area contributed by atoms with Crippen LogP contribution >= 0.6 is 0 Å². The number of ether oxygens (including phenoxy) is 2. The lowest BCUT2D eigenvalue weighted by atomic mass is 9.55. The number of rotatable bonds is 12. The maximum absolute atomic E-state index is 12.9. The second-order valence-corrected chi connectivity index (χ2v) is 21.3. The highest BCUT2D eigenvalue weighted by atomic mass is 16.5. The molecule has 0 saturated heterocycles. The minimum absolute atomic E-state index is 0.122. The van der Waals surface area contributed by atoms with Crippen LogP contribution in [0.1, 0.15) is 139 Å². The minimum Gasteiger partial charge on any atom is -0.469 e. The van der Waals surface area contributed by atoms with Gasteiger partial charge in [0.1, 0.15) is 0 Å². The highest BCUT2D eigenvalue weighted by molar-refractivity contribution is 6.28. The summed E-state index contributed by atoms with van der Waals surface area (Å²) in [5.41, 5.74) is 26.3. The summed E-state index contributed by atoms with van der Waals surface area (Å²) in [6.07, 6.45) is 30.2. The first-order valence-electron chi connectivity index (χ1n) is 23.9. The van der Waals surface area contributed by atoms with Gasteiger partial charge in [0.05, 0.1) is 14.2 Å². The van der Waals surface area contributed by atoms with E-state index in [1.807, 2.05) is 0 Å². The summed E-state index contributed by atoms with van der Waals surface area (Å²) in [6, 6.07) is 22.6. The lowest BCUT2D eigenvalue weighted by Crippen LogP contribution is -2.38. The lowest BCUT2D eigenvalue weighted by Gasteiger charge is -2.48. The molecule has 4 aromatic carbocycles. The number of esters is 2. The Hall–Kier alpha value is -6.00. The van der Waals surface area contributed by atoms with E-state index in [-0.39, 0.29) is 44.9 Å². The molecule has 4 heteroatoms. The Kier molecular flexibility index (Phi) is 6.60. The van der Waals surface area contributed by atoms with E-state index in [1.165, 1.54) is 69.9 Å². The van der Waals surface area contributed by atoms with Crippen LogP contribution in [0.2, 0.25) is 0 Å². The zero-order valence-corrected chi connectivity index (χ0v) is 36.9. The second-order valence-electron chi connectivity index (χ2n) is 21.3. The molecular weight excluding hydrogens is 785 g/mol. The van der Waals surface area contributed by atoms with Crippen molar-refractivity contribution in [1.82, 2.24) is 0 Å². The predicted octanol–water partition coefficient (Wildman–Crippen LogP) is 13.0. The number of carbonyl (C=O) groups excluding carboxylic acids is 2. The molecule has 0 amide bonds. The molecule has 1 spiro atoms. The van der Waals surface area contributed by atoms with Crippen LogP contribution in [0.5, 0.6) is 0 Å². The first-order chi connectivity index (χ1) is 31.3. The average Bonchev–Trinajstić information content (AvgIpc) is 3.70. The van der Waals surface area contributed by atoms with Gasteiger partial charge in [-0.25, -0.2) is 0 Å². The fourth-order valence-corrected chi connectivity index (χ4v) is 17.0. The fraction of sp³-hybridized carbons (Fsp3) is 0.333. The van der Waals surface area contributed by atoms with Crippen LogP contribution in [-0.2, 0) is 35.3 Å². The van der Waals surface area contributed by atoms with E-state index < -0.39 is 0 Å². The first-order valence-corrected chi connectivity index (χ1v) is 23.9. The molecule has 0 aliphatic heterocycles. The number of hydrogen-bond donors (Lipinski definition) is 0. The molecule has 0 N–H and O–H groups in total. The Morgan fingerprint density at radius 1 is 0.703 bits per heavy atom. The molecule has 314 valence electrons. The third-order valence-corrected chi connectivity index (χ3v) is 18.8. The van der Waals surface area contributed by atoms with Gasteiger partial charge in [-0.3, -0.25) is 9.59 Å². The molecule has 15 rings (SSSR count). The van der Waals surface area contributed by atoms with Crippen molar-refractivity contribution in [1.29, 1.82) is 0 Å². The van der Waals surface area contributed by atoms with Crippen molar-refractivity contribution >= 4 is 56.1 Å². The SMILES string of the molecule is COC(=O)CCCC(C)(CC12C=CC3=C4c5c6c7c8c9c%10c%11c(c(c59)C41)C(=C2)CC%11=CC12C=CC(=C8C%101C2(CCCC(=O)OC)c1ccccc1)CC=C7CC6=CC3)c1ccccc1. The Labute approximate surface area is 374 Å². The average molecular weight is 835 g/mol. The number of carbonyl (C=O) groups is 2. The van der Waals surface area contributed by atoms with Crippen molar-refractivity contribution in [3.05, 3.63) is 176 Å². The van der Waals surface area contributed by atoms with Gasteiger partial charge in [-0.1, -0.05) is 116 Å². The Morgan fingerprint density at radius 3 is 2.14 bits per heavy atom. The van der Waals surface area contributed by atoms with Crippen LogP contribution in [0.3, 0.4) is 0 Å². The molecule has 0 heterocycles. The first kappa shape index (κ1) is 36.4. The Bertz CT molecular complexity index is 3270. The molecule has 11 aliphatic carbocycles. The molecule has 0 bridgehead atoms. The lowest BCUT2D eigenvalue weighted by molar-refractivity contribution is -0.141. The fourth-order valence-electron chi connectivity index (χ4n) is 17.0. The Morgan fingerprint density at radius 2 is 1.38 bits per heavy atom. The summed E-state index contributed by atoms with van der Waals surface area (Å²) in [4.78, 5) is 25.5. The summed E-state index contributed by atoms with van der Waals surface area (Å²) in [5, 5.41) is 3.13. The van der Waals surface area contributed by atoms with E-state index in [9.17, 15) is 9.59 Å². The van der Waals surface area contributed by atoms with Crippen molar-refractivity contribution in [2.75, 3.05) is 14.2 Å². The van der Waals surface area contributed by atoms with Crippen molar-refractivity contribution in [3.63, 3.8) is 0 Å². The number of hydrogen-bond acceptors (Lipinski definition) is 4. The van der Waals surface area contributed by atoms with Gasteiger partial charge in [0.25, 0.3) is 0 Å². The normalized spacial score (nSPS) is 30.1. The topological polar surface area (TPSA) is 52.6 Å². The summed E-state index contributed by atoms with van der Waals surface area (Å²) < 4.78 is 10.4. The summed E-state index contributed by atoms with van der Waals surface area (Å²) >= 11 is 0. The smallest absolute Gasteiger partial charge is 0.305 e. The second kappa shape index (κ2) is 11.6. The molecule has 6 unspecified atom stereocenters. The third-order valence-electron chi connectivity index (χ3n) is 18.8. The van der Waals surface area contributed by atoms with Gasteiger partial charge >= 0.3 is 11.9 Å². The van der Waals surface area contributed by atoms with Crippen LogP contribution in [0.25, 0.3) is 44.2 Å². The zero-order valence-electron chi connectivity index (χ0n) is 36.9. The van der Waals surface area contributed by atoms with Gasteiger partial charge in [0, 0.05) is 40.4 Å². The van der Waals surface area contributed by atoms with Crippen LogP contribution < -0.4 is 0 Å². The molecule has 11 aliphatic rings. The van der Waals surface area contributed by atoms with E-state index in [2.05, 4.69) is 116 Å². The summed E-state index contributed by atoms with van der Waals surface area (Å²) in [6.45, 7) is 2.47. The van der Waals surface area contributed by atoms with Gasteiger partial charge in [-0.2, -0.15) is 0 Å². The molecular formula is C60H50O4. The minimum atomic E-state index is -0.261. The van der Waals surface area contributed by atoms with Gasteiger partial charge in [0.2, 0.25) is 0 Å². The van der Waals surface area contributed by atoms with E-state index in [0.29, 0.717) is 12.8 Å². The van der Waals surface area contributed by atoms with Crippen LogP contribution in [-0.4, -0.2) is 26.2 Å². The summed E-state index contributed by atoms with van der Waals surface area (Å²) in [5.74, 6) is -0.0357. The van der Waals surface area contributed by atoms with E-state index in [4.69, 9.17) is 9.47 Å². The highest BCUT2D eigenvalue weighted by Gasteiger charge is 2.90. The zero-order chi connectivity index (χ0) is 42.7. The van der Waals surface area contributed by atoms with Crippen molar-refractivity contribution in [3.8, 4) is 0 Å². The predicted molar refractivity (Wildman–Crippen MR) is 254 cm³/mol. The molecule has 0 radical (unpaired) electrons. The summed E-state index contributed by atoms with van der Waals surface area (Å²) in [7, 11) is 3.03. The van der Waals surface area contributed by atoms with E-state index in [0.717, 1.165) is 57.8 Å². The molecule has 0 aromatic heterocycles. The maximum Gasteiger partial charge on any atom is 0.305 e. The third kappa shape index (κ3) is 3.73. The molecule has 6 atom stereocenters. The number of benzene rings is 4. The largest absolute Gasteiger partial charge is 0.469 e. The van der Waals surface area contributed by atoms with Gasteiger partial charge in [-0.05, 0) is 174 Å². The van der Waals surface area contributed by atoms with Gasteiger partial charge in [0.15, 0.2) is 0 Å². The van der Waals surface area contributed by atoms with Crippen LogP contribution in [0.4, 0.5) is 0 Å². The van der Waals surface area contributed by atoms with Crippen molar-refractivity contribution < 1.29 is 19.1 Å². The van der Waals surface area contributed by atoms with E-state index in [1.54, 1.807) is 55.3 Å². The monoisotopic (exact) mass is 834 g/mol. The molecule has 1 saturated carbocycles. The number of methoxy groups -OCH3 is 2. The molecule has 4 aromatic rings. The van der Waals surface area contributed by atoms with Crippen molar-refractivity contribution in [2.45, 2.75) is 99.7 Å².